The molecule has 2 nitrogen and oxygen atoms in total. The number of aliphatic hydroxyl groups excluding tert-OH is 1. The molecule has 0 amide bonds. The van der Waals surface area contributed by atoms with Crippen LogP contribution in [0.2, 0.25) is 0 Å². The van der Waals surface area contributed by atoms with E-state index in [1.54, 1.807) is 24.3 Å². The first kappa shape index (κ1) is 14.5. The van der Waals surface area contributed by atoms with Crippen LogP contribution in [0.5, 0.6) is 0 Å². The molecule has 2 heteroatoms. The second-order valence-corrected chi connectivity index (χ2v) is 1.90. The molecular weight excluding hydrogens is 162 g/mol. The molecule has 0 saturated carbocycles. The summed E-state index contributed by atoms with van der Waals surface area (Å²) in [5, 5.41) is 8.59. The number of benzene rings is 1. The van der Waals surface area contributed by atoms with Crippen molar-refractivity contribution in [3.05, 3.63) is 29.8 Å². The van der Waals surface area contributed by atoms with Gasteiger partial charge in [0.1, 0.15) is 0 Å². The van der Waals surface area contributed by atoms with Crippen LogP contribution < -0.4 is 5.73 Å². The van der Waals surface area contributed by atoms with E-state index in [0.29, 0.717) is 0 Å². The highest BCUT2D eigenvalue weighted by Crippen LogP contribution is 2.03. The van der Waals surface area contributed by atoms with Gasteiger partial charge in [0.25, 0.3) is 0 Å². The molecule has 1 aromatic rings. The van der Waals surface area contributed by atoms with Crippen molar-refractivity contribution in [2.45, 2.75) is 34.3 Å². The fourth-order valence-corrected chi connectivity index (χ4v) is 0.623. The Labute approximate surface area is 81.4 Å². The first-order valence-electron chi connectivity index (χ1n) is 4.78. The summed E-state index contributed by atoms with van der Waals surface area (Å²) < 4.78 is 0. The third-order valence-electron chi connectivity index (χ3n) is 1.16. The zero-order chi connectivity index (χ0) is 10.7. The maximum Gasteiger partial charge on any atom is 0.0681 e. The Morgan fingerprint density at radius 3 is 1.69 bits per heavy atom. The lowest BCUT2D eigenvalue weighted by molar-refractivity contribution is 0.282. The molecule has 0 spiro atoms. The molecule has 0 radical (unpaired) electrons. The number of hydrogen-bond donors (Lipinski definition) is 2. The van der Waals surface area contributed by atoms with Crippen LogP contribution in [0, 0.1) is 0 Å². The van der Waals surface area contributed by atoms with E-state index in [0.717, 1.165) is 11.3 Å². The molecule has 0 atom stereocenters. The van der Waals surface area contributed by atoms with Crippen LogP contribution >= 0.6 is 0 Å². The number of rotatable bonds is 1. The van der Waals surface area contributed by atoms with Gasteiger partial charge < -0.3 is 10.8 Å². The zero-order valence-corrected chi connectivity index (χ0v) is 9.04. The number of nitrogen functional groups attached to an aromatic ring is 1. The summed E-state index contributed by atoms with van der Waals surface area (Å²) in [5.41, 5.74) is 7.02. The van der Waals surface area contributed by atoms with Crippen LogP contribution in [0.3, 0.4) is 0 Å². The molecule has 1 rings (SSSR count). The normalized spacial score (nSPS) is 7.46. The monoisotopic (exact) mass is 183 g/mol. The average molecular weight is 183 g/mol. The minimum atomic E-state index is 0.0836. The standard InChI is InChI=1S/C7H9NO.2C2H6/c8-7-3-1-6(5-9)2-4-7;2*1-2/h1-4,9H,5,8H2;2*1-2H3. The van der Waals surface area contributed by atoms with Crippen molar-refractivity contribution in [3.8, 4) is 0 Å². The first-order chi connectivity index (χ1) is 6.33. The van der Waals surface area contributed by atoms with E-state index in [2.05, 4.69) is 0 Å². The Hall–Kier alpha value is -1.02. The van der Waals surface area contributed by atoms with Crippen molar-refractivity contribution >= 4 is 5.69 Å². The van der Waals surface area contributed by atoms with Crippen molar-refractivity contribution in [1.29, 1.82) is 0 Å². The van der Waals surface area contributed by atoms with Crippen LogP contribution in [0.25, 0.3) is 0 Å². The predicted molar refractivity (Wildman–Crippen MR) is 59.5 cm³/mol. The molecule has 0 saturated heterocycles. The molecule has 0 aliphatic heterocycles. The molecule has 0 aliphatic carbocycles. The van der Waals surface area contributed by atoms with Crippen LogP contribution in [0.4, 0.5) is 5.69 Å². The van der Waals surface area contributed by atoms with Crippen LogP contribution in [-0.4, -0.2) is 5.11 Å². The van der Waals surface area contributed by atoms with E-state index in [4.69, 9.17) is 10.8 Å². The molecule has 76 valence electrons. The Morgan fingerprint density at radius 1 is 1.00 bits per heavy atom. The topological polar surface area (TPSA) is 46.2 Å². The molecular formula is C11H21NO. The molecule has 13 heavy (non-hydrogen) atoms. The van der Waals surface area contributed by atoms with Gasteiger partial charge in [0, 0.05) is 5.69 Å². The summed E-state index contributed by atoms with van der Waals surface area (Å²) in [5.74, 6) is 0. The van der Waals surface area contributed by atoms with Crippen molar-refractivity contribution in [2.75, 3.05) is 5.73 Å². The lowest BCUT2D eigenvalue weighted by Crippen LogP contribution is -1.85. The van der Waals surface area contributed by atoms with Crippen molar-refractivity contribution < 1.29 is 5.11 Å². The Kier molecular flexibility index (Phi) is 12.2. The molecule has 1 aromatic carbocycles. The molecule has 0 bridgehead atoms. The predicted octanol–water partition coefficient (Wildman–Crippen LogP) is 2.81. The Morgan fingerprint density at radius 2 is 1.38 bits per heavy atom. The molecule has 0 fully saturated rings. The van der Waals surface area contributed by atoms with Gasteiger partial charge in [-0.2, -0.15) is 0 Å². The number of nitrogens with two attached hydrogens (primary N) is 1. The lowest BCUT2D eigenvalue weighted by Gasteiger charge is -1.94. The van der Waals surface area contributed by atoms with Gasteiger partial charge in [-0.1, -0.05) is 39.8 Å². The summed E-state index contributed by atoms with van der Waals surface area (Å²) in [6.45, 7) is 8.08. The minimum absolute atomic E-state index is 0.0836. The second-order valence-electron chi connectivity index (χ2n) is 1.90. The Bertz CT molecular complexity index is 182. The summed E-state index contributed by atoms with van der Waals surface area (Å²) in [6.07, 6.45) is 0. The maximum absolute atomic E-state index is 8.59. The first-order valence-corrected chi connectivity index (χ1v) is 4.78. The van der Waals surface area contributed by atoms with E-state index >= 15 is 0 Å². The van der Waals surface area contributed by atoms with Gasteiger partial charge in [-0.05, 0) is 17.7 Å². The molecule has 0 aromatic heterocycles. The summed E-state index contributed by atoms with van der Waals surface area (Å²) in [6, 6.07) is 7.14. The van der Waals surface area contributed by atoms with Crippen molar-refractivity contribution in [2.24, 2.45) is 0 Å². The number of hydrogen-bond acceptors (Lipinski definition) is 2. The minimum Gasteiger partial charge on any atom is -0.399 e. The molecule has 0 unspecified atom stereocenters. The van der Waals surface area contributed by atoms with Gasteiger partial charge >= 0.3 is 0 Å². The number of aliphatic hydroxyl groups is 1. The zero-order valence-electron chi connectivity index (χ0n) is 9.04. The lowest BCUT2D eigenvalue weighted by atomic mass is 10.2. The highest BCUT2D eigenvalue weighted by atomic mass is 16.3. The molecule has 0 heterocycles. The maximum atomic E-state index is 8.59. The molecule has 3 N–H and O–H groups in total. The summed E-state index contributed by atoms with van der Waals surface area (Å²) in [7, 11) is 0. The fourth-order valence-electron chi connectivity index (χ4n) is 0.623. The van der Waals surface area contributed by atoms with Gasteiger partial charge in [-0.25, -0.2) is 0 Å². The van der Waals surface area contributed by atoms with E-state index in [-0.39, 0.29) is 6.61 Å². The molecule has 0 aliphatic rings. The average Bonchev–Trinajstić information content (AvgIpc) is 2.25. The van der Waals surface area contributed by atoms with E-state index < -0.39 is 0 Å². The fraction of sp³-hybridized carbons (Fsp3) is 0.455. The summed E-state index contributed by atoms with van der Waals surface area (Å²) in [4.78, 5) is 0. The van der Waals surface area contributed by atoms with E-state index in [1.165, 1.54) is 0 Å². The highest BCUT2D eigenvalue weighted by molar-refractivity contribution is 5.38. The van der Waals surface area contributed by atoms with Crippen molar-refractivity contribution in [1.82, 2.24) is 0 Å². The second kappa shape index (κ2) is 11.0. The third kappa shape index (κ3) is 7.34. The van der Waals surface area contributed by atoms with Crippen LogP contribution in [0.15, 0.2) is 24.3 Å². The third-order valence-corrected chi connectivity index (χ3v) is 1.16. The van der Waals surface area contributed by atoms with Crippen LogP contribution in [-0.2, 0) is 6.61 Å². The van der Waals surface area contributed by atoms with Crippen LogP contribution in [0.1, 0.15) is 33.3 Å². The van der Waals surface area contributed by atoms with E-state index in [9.17, 15) is 0 Å². The quantitative estimate of drug-likeness (QED) is 0.658. The largest absolute Gasteiger partial charge is 0.399 e. The van der Waals surface area contributed by atoms with Gasteiger partial charge in [0.05, 0.1) is 6.61 Å². The van der Waals surface area contributed by atoms with Gasteiger partial charge in [-0.15, -0.1) is 0 Å². The SMILES string of the molecule is CC.CC.Nc1ccc(CO)cc1. The van der Waals surface area contributed by atoms with E-state index in [1.807, 2.05) is 27.7 Å². The van der Waals surface area contributed by atoms with Gasteiger partial charge in [0.15, 0.2) is 0 Å². The highest BCUT2D eigenvalue weighted by Gasteiger charge is 1.86. The van der Waals surface area contributed by atoms with Gasteiger partial charge in [-0.3, -0.25) is 0 Å². The van der Waals surface area contributed by atoms with Gasteiger partial charge in [0.2, 0.25) is 0 Å². The smallest absolute Gasteiger partial charge is 0.0681 e. The Balaban J connectivity index is 0. The summed E-state index contributed by atoms with van der Waals surface area (Å²) >= 11 is 0. The van der Waals surface area contributed by atoms with Crippen molar-refractivity contribution in [3.63, 3.8) is 0 Å². The number of anilines is 1.